The molecule has 0 radical (unpaired) electrons. The number of aryl methyl sites for hydroxylation is 2. The molecule has 3 aromatic carbocycles. The van der Waals surface area contributed by atoms with Crippen LogP contribution in [0.3, 0.4) is 0 Å². The third-order valence-corrected chi connectivity index (χ3v) is 6.75. The lowest BCUT2D eigenvalue weighted by molar-refractivity contribution is -0.385. The molecule has 0 spiro atoms. The molecule has 0 saturated carbocycles. The van der Waals surface area contributed by atoms with Crippen LogP contribution in [-0.2, 0) is 13.2 Å². The summed E-state index contributed by atoms with van der Waals surface area (Å²) in [4.78, 5) is 33.7. The van der Waals surface area contributed by atoms with Crippen LogP contribution in [0.1, 0.15) is 38.8 Å². The number of carbonyl (C=O) groups is 1. The van der Waals surface area contributed by atoms with E-state index in [1.165, 1.54) is 42.6 Å². The summed E-state index contributed by atoms with van der Waals surface area (Å²) in [5, 5.41) is 26.1. The van der Waals surface area contributed by atoms with E-state index in [-0.39, 0.29) is 41.7 Å². The molecule has 0 aliphatic heterocycles. The first-order chi connectivity index (χ1) is 21.7. The number of nitrogens with one attached hydrogen (secondary N) is 1. The van der Waals surface area contributed by atoms with Crippen molar-refractivity contribution in [1.82, 2.24) is 9.99 Å². The Morgan fingerprint density at radius 3 is 2.18 bits per heavy atom. The van der Waals surface area contributed by atoms with E-state index in [0.717, 1.165) is 17.1 Å². The number of non-ortho nitro benzene ring substituents is 2. The van der Waals surface area contributed by atoms with Crippen LogP contribution in [0.4, 0.5) is 11.4 Å². The molecule has 2 aromatic heterocycles. The Morgan fingerprint density at radius 2 is 1.51 bits per heavy atom. The molecule has 0 aliphatic rings. The lowest BCUT2D eigenvalue weighted by Gasteiger charge is -2.10. The van der Waals surface area contributed by atoms with Gasteiger partial charge in [0.15, 0.2) is 5.76 Å². The number of hydrogen-bond donors (Lipinski definition) is 1. The zero-order chi connectivity index (χ0) is 31.9. The van der Waals surface area contributed by atoms with Crippen molar-refractivity contribution in [3.05, 3.63) is 145 Å². The molecule has 0 atom stereocenters. The number of nitro groups is 2. The Kier molecular flexibility index (Phi) is 8.99. The van der Waals surface area contributed by atoms with Crippen LogP contribution in [0, 0.1) is 34.1 Å². The van der Waals surface area contributed by atoms with Gasteiger partial charge in [-0.2, -0.15) is 5.10 Å². The number of carbonyl (C=O) groups excluding carboxylic acids is 1. The fourth-order valence-corrected chi connectivity index (χ4v) is 4.47. The molecule has 0 saturated heterocycles. The molecule has 2 heterocycles. The minimum absolute atomic E-state index is 0.00616. The first-order valence-electron chi connectivity index (χ1n) is 13.6. The van der Waals surface area contributed by atoms with Gasteiger partial charge in [0.05, 0.1) is 16.1 Å². The minimum Gasteiger partial charge on any atom is -0.488 e. The third kappa shape index (κ3) is 7.40. The molecule has 5 rings (SSSR count). The van der Waals surface area contributed by atoms with Crippen molar-refractivity contribution < 1.29 is 28.5 Å². The number of benzene rings is 3. The molecule has 228 valence electrons. The Morgan fingerprint density at radius 1 is 0.844 bits per heavy atom. The summed E-state index contributed by atoms with van der Waals surface area (Å²) in [6.45, 7) is 4.22. The van der Waals surface area contributed by atoms with E-state index in [1.807, 2.05) is 38.1 Å². The van der Waals surface area contributed by atoms with Crippen LogP contribution >= 0.6 is 0 Å². The summed E-state index contributed by atoms with van der Waals surface area (Å²) in [6, 6.07) is 24.6. The summed E-state index contributed by atoms with van der Waals surface area (Å²) < 4.78 is 19.3. The van der Waals surface area contributed by atoms with Crippen molar-refractivity contribution in [3.63, 3.8) is 0 Å². The number of hydrogen-bond acceptors (Lipinski definition) is 9. The monoisotopic (exact) mass is 609 g/mol. The first-order valence-corrected chi connectivity index (χ1v) is 13.6. The molecule has 0 fully saturated rings. The van der Waals surface area contributed by atoms with Crippen molar-refractivity contribution in [2.45, 2.75) is 27.1 Å². The highest BCUT2D eigenvalue weighted by atomic mass is 16.6. The predicted octanol–water partition coefficient (Wildman–Crippen LogP) is 6.43. The molecule has 0 aliphatic carbocycles. The lowest BCUT2D eigenvalue weighted by atomic mass is 10.2. The van der Waals surface area contributed by atoms with Gasteiger partial charge in [0.25, 0.3) is 11.4 Å². The van der Waals surface area contributed by atoms with E-state index in [9.17, 15) is 25.0 Å². The van der Waals surface area contributed by atoms with Crippen molar-refractivity contribution in [2.24, 2.45) is 5.10 Å². The quantitative estimate of drug-likeness (QED) is 0.0961. The number of furan rings is 1. The number of aromatic nitrogens is 1. The van der Waals surface area contributed by atoms with Crippen LogP contribution in [0.2, 0.25) is 0 Å². The van der Waals surface area contributed by atoms with Crippen LogP contribution in [0.25, 0.3) is 5.69 Å². The molecule has 13 nitrogen and oxygen atoms in total. The van der Waals surface area contributed by atoms with Crippen LogP contribution < -0.4 is 14.9 Å². The predicted molar refractivity (Wildman–Crippen MR) is 164 cm³/mol. The summed E-state index contributed by atoms with van der Waals surface area (Å²) in [5.41, 5.74) is 6.23. The van der Waals surface area contributed by atoms with Crippen LogP contribution in [-0.4, -0.2) is 26.5 Å². The maximum atomic E-state index is 12.6. The van der Waals surface area contributed by atoms with Gasteiger partial charge in [0.1, 0.15) is 30.5 Å². The maximum Gasteiger partial charge on any atom is 0.307 e. The lowest BCUT2D eigenvalue weighted by Crippen LogP contribution is -2.17. The number of nitro benzene ring substituents is 2. The second-order valence-corrected chi connectivity index (χ2v) is 9.89. The van der Waals surface area contributed by atoms with E-state index in [2.05, 4.69) is 27.2 Å². The molecular formula is C32H27N5O8. The van der Waals surface area contributed by atoms with Gasteiger partial charge in [-0.25, -0.2) is 5.43 Å². The summed E-state index contributed by atoms with van der Waals surface area (Å²) in [5.74, 6) is 0.662. The van der Waals surface area contributed by atoms with E-state index < -0.39 is 15.8 Å². The standard InChI is InChI=1S/C32H27N5O8/c1-21-3-4-22(2)35(21)25-9-12-28(13-10-25)43-20-29-14-16-31(45-29)32(38)34-33-18-24-17-27(37(41)42)11-15-30(24)44-19-23-5-7-26(8-6-23)36(39)40/h3-18H,19-20H2,1-2H3,(H,34,38)/b33-18+. The Balaban J connectivity index is 1.18. The van der Waals surface area contributed by atoms with Gasteiger partial charge >= 0.3 is 5.91 Å². The summed E-state index contributed by atoms with van der Waals surface area (Å²) in [6.07, 6.45) is 1.21. The molecule has 0 bridgehead atoms. The largest absolute Gasteiger partial charge is 0.488 e. The van der Waals surface area contributed by atoms with Gasteiger partial charge in [0, 0.05) is 46.9 Å². The fraction of sp³-hybridized carbons (Fsp3) is 0.125. The zero-order valence-corrected chi connectivity index (χ0v) is 24.2. The van der Waals surface area contributed by atoms with Gasteiger partial charge in [-0.1, -0.05) is 0 Å². The van der Waals surface area contributed by atoms with E-state index in [1.54, 1.807) is 18.2 Å². The van der Waals surface area contributed by atoms with Crippen molar-refractivity contribution in [1.29, 1.82) is 0 Å². The molecular weight excluding hydrogens is 582 g/mol. The second kappa shape index (κ2) is 13.4. The number of nitrogens with zero attached hydrogens (tertiary/aromatic N) is 4. The summed E-state index contributed by atoms with van der Waals surface area (Å²) in [7, 11) is 0. The average Bonchev–Trinajstić information content (AvgIpc) is 3.65. The molecule has 0 unspecified atom stereocenters. The van der Waals surface area contributed by atoms with Crippen LogP contribution in [0.15, 0.2) is 101 Å². The van der Waals surface area contributed by atoms with Gasteiger partial charge in [-0.15, -0.1) is 0 Å². The van der Waals surface area contributed by atoms with Crippen molar-refractivity contribution >= 4 is 23.5 Å². The van der Waals surface area contributed by atoms with Crippen molar-refractivity contribution in [2.75, 3.05) is 0 Å². The van der Waals surface area contributed by atoms with E-state index >= 15 is 0 Å². The molecule has 1 N–H and O–H groups in total. The smallest absolute Gasteiger partial charge is 0.307 e. The van der Waals surface area contributed by atoms with Gasteiger partial charge in [0.2, 0.25) is 0 Å². The van der Waals surface area contributed by atoms with E-state index in [4.69, 9.17) is 13.9 Å². The number of ether oxygens (including phenoxy) is 2. The second-order valence-electron chi connectivity index (χ2n) is 9.89. The van der Waals surface area contributed by atoms with Gasteiger partial charge in [-0.3, -0.25) is 25.0 Å². The molecule has 1 amide bonds. The number of hydrazone groups is 1. The maximum absolute atomic E-state index is 12.6. The molecule has 5 aromatic rings. The topological polar surface area (TPSA) is 164 Å². The minimum atomic E-state index is -0.641. The highest BCUT2D eigenvalue weighted by molar-refractivity contribution is 5.93. The number of amides is 1. The van der Waals surface area contributed by atoms with Gasteiger partial charge in [-0.05, 0) is 86.1 Å². The zero-order valence-electron chi connectivity index (χ0n) is 24.2. The SMILES string of the molecule is Cc1ccc(C)n1-c1ccc(OCc2ccc(C(=O)N/N=C/c3cc([N+](=O)[O-])ccc3OCc3ccc([N+](=O)[O-])cc3)o2)cc1. The molecule has 45 heavy (non-hydrogen) atoms. The van der Waals surface area contributed by atoms with Crippen LogP contribution in [0.5, 0.6) is 11.5 Å². The Hall–Kier alpha value is -6.24. The average molecular weight is 610 g/mol. The Bertz CT molecular complexity index is 1860. The van der Waals surface area contributed by atoms with E-state index in [0.29, 0.717) is 17.1 Å². The highest BCUT2D eigenvalue weighted by Gasteiger charge is 2.14. The fourth-order valence-electron chi connectivity index (χ4n) is 4.47. The highest BCUT2D eigenvalue weighted by Crippen LogP contribution is 2.25. The molecule has 13 heteroatoms. The van der Waals surface area contributed by atoms with Gasteiger partial charge < -0.3 is 18.5 Å². The Labute approximate surface area is 256 Å². The van der Waals surface area contributed by atoms with Crippen molar-refractivity contribution in [3.8, 4) is 17.2 Å². The normalized spacial score (nSPS) is 11.0. The number of rotatable bonds is 12. The summed E-state index contributed by atoms with van der Waals surface area (Å²) >= 11 is 0. The third-order valence-electron chi connectivity index (χ3n) is 6.75. The first kappa shape index (κ1) is 30.2.